The maximum absolute atomic E-state index is 11.6. The number of carbonyl (C=O) groups is 1. The van der Waals surface area contributed by atoms with Crippen LogP contribution in [0, 0.1) is 12.8 Å². The third-order valence-corrected chi connectivity index (χ3v) is 3.05. The van der Waals surface area contributed by atoms with Gasteiger partial charge in [0.05, 0.1) is 6.54 Å². The summed E-state index contributed by atoms with van der Waals surface area (Å²) in [5.74, 6) is 0.607. The van der Waals surface area contributed by atoms with Gasteiger partial charge in [0.15, 0.2) is 0 Å². The van der Waals surface area contributed by atoms with E-state index in [1.807, 2.05) is 19.1 Å². The zero-order valence-corrected chi connectivity index (χ0v) is 12.0. The van der Waals surface area contributed by atoms with E-state index in [4.69, 9.17) is 11.6 Å². The number of rotatable bonds is 6. The lowest BCUT2D eigenvalue weighted by molar-refractivity contribution is -0.115. The fourth-order valence-electron chi connectivity index (χ4n) is 1.47. The molecule has 0 saturated heterocycles. The van der Waals surface area contributed by atoms with Crippen molar-refractivity contribution in [3.63, 3.8) is 0 Å². The Labute approximate surface area is 114 Å². The molecule has 100 valence electrons. The van der Waals surface area contributed by atoms with Gasteiger partial charge in [0.25, 0.3) is 0 Å². The van der Waals surface area contributed by atoms with Crippen LogP contribution in [-0.2, 0) is 4.79 Å². The highest BCUT2D eigenvalue weighted by Crippen LogP contribution is 2.19. The van der Waals surface area contributed by atoms with Crippen molar-refractivity contribution in [2.45, 2.75) is 27.2 Å². The van der Waals surface area contributed by atoms with E-state index >= 15 is 0 Å². The van der Waals surface area contributed by atoms with E-state index in [9.17, 15) is 4.79 Å². The van der Waals surface area contributed by atoms with Gasteiger partial charge in [-0.2, -0.15) is 0 Å². The monoisotopic (exact) mass is 268 g/mol. The lowest BCUT2D eigenvalue weighted by atomic mass is 10.1. The van der Waals surface area contributed by atoms with Crippen LogP contribution in [0.3, 0.4) is 0 Å². The first-order valence-corrected chi connectivity index (χ1v) is 6.63. The number of aryl methyl sites for hydroxylation is 1. The predicted molar refractivity (Wildman–Crippen MR) is 77.1 cm³/mol. The van der Waals surface area contributed by atoms with Gasteiger partial charge in [0.2, 0.25) is 5.91 Å². The molecule has 0 unspecified atom stereocenters. The number of carbonyl (C=O) groups excluding carboxylic acids is 1. The van der Waals surface area contributed by atoms with Crippen molar-refractivity contribution >= 4 is 23.2 Å². The largest absolute Gasteiger partial charge is 0.325 e. The summed E-state index contributed by atoms with van der Waals surface area (Å²) in [6.45, 7) is 7.45. The molecule has 4 heteroatoms. The van der Waals surface area contributed by atoms with Crippen molar-refractivity contribution < 1.29 is 4.79 Å². The molecule has 0 radical (unpaired) electrons. The van der Waals surface area contributed by atoms with Crippen molar-refractivity contribution in [3.8, 4) is 0 Å². The molecule has 0 atom stereocenters. The Morgan fingerprint density at radius 2 is 2.11 bits per heavy atom. The van der Waals surface area contributed by atoms with Gasteiger partial charge in [0.1, 0.15) is 0 Å². The molecule has 0 heterocycles. The van der Waals surface area contributed by atoms with E-state index in [2.05, 4.69) is 24.5 Å². The minimum absolute atomic E-state index is 0.0429. The normalized spacial score (nSPS) is 10.7. The molecule has 1 amide bonds. The van der Waals surface area contributed by atoms with Crippen molar-refractivity contribution in [2.24, 2.45) is 5.92 Å². The van der Waals surface area contributed by atoms with Crippen molar-refractivity contribution in [2.75, 3.05) is 18.4 Å². The lowest BCUT2D eigenvalue weighted by Gasteiger charge is -2.09. The Morgan fingerprint density at radius 3 is 2.72 bits per heavy atom. The molecule has 1 aromatic carbocycles. The Bertz CT molecular complexity index is 405. The first-order valence-electron chi connectivity index (χ1n) is 6.25. The summed E-state index contributed by atoms with van der Waals surface area (Å²) in [7, 11) is 0. The quantitative estimate of drug-likeness (QED) is 0.778. The standard InChI is InChI=1S/C14H21ClN2O/c1-10(2)6-7-16-9-14(18)17-12-5-4-11(3)13(15)8-12/h4-5,8,10,16H,6-7,9H2,1-3H3,(H,17,18). The van der Waals surface area contributed by atoms with Crippen LogP contribution < -0.4 is 10.6 Å². The average molecular weight is 269 g/mol. The van der Waals surface area contributed by atoms with Gasteiger partial charge in [-0.05, 0) is 43.5 Å². The van der Waals surface area contributed by atoms with Gasteiger partial charge in [-0.25, -0.2) is 0 Å². The second-order valence-electron chi connectivity index (χ2n) is 4.87. The molecule has 0 aliphatic carbocycles. The molecule has 3 nitrogen and oxygen atoms in total. The van der Waals surface area contributed by atoms with E-state index in [1.165, 1.54) is 0 Å². The lowest BCUT2D eigenvalue weighted by Crippen LogP contribution is -2.29. The molecular formula is C14H21ClN2O. The fourth-order valence-corrected chi connectivity index (χ4v) is 1.65. The van der Waals surface area contributed by atoms with Gasteiger partial charge in [-0.1, -0.05) is 31.5 Å². The molecule has 0 bridgehead atoms. The van der Waals surface area contributed by atoms with Gasteiger partial charge >= 0.3 is 0 Å². The zero-order valence-electron chi connectivity index (χ0n) is 11.2. The molecule has 1 rings (SSSR count). The summed E-state index contributed by atoms with van der Waals surface area (Å²) in [6, 6.07) is 5.51. The second-order valence-corrected chi connectivity index (χ2v) is 5.28. The Balaban J connectivity index is 2.33. The summed E-state index contributed by atoms with van der Waals surface area (Å²) in [5.41, 5.74) is 1.74. The van der Waals surface area contributed by atoms with E-state index in [0.717, 1.165) is 24.2 Å². The second kappa shape index (κ2) is 7.39. The predicted octanol–water partition coefficient (Wildman–Crippen LogP) is 3.22. The van der Waals surface area contributed by atoms with Crippen LogP contribution in [0.15, 0.2) is 18.2 Å². The van der Waals surface area contributed by atoms with Crippen LogP contribution in [0.2, 0.25) is 5.02 Å². The molecule has 0 saturated carbocycles. The maximum Gasteiger partial charge on any atom is 0.238 e. The minimum atomic E-state index is -0.0429. The summed E-state index contributed by atoms with van der Waals surface area (Å²) in [5, 5.41) is 6.60. The average Bonchev–Trinajstić information content (AvgIpc) is 2.29. The number of nitrogens with one attached hydrogen (secondary N) is 2. The van der Waals surface area contributed by atoms with Crippen LogP contribution in [0.1, 0.15) is 25.8 Å². The molecule has 0 spiro atoms. The Kier molecular flexibility index (Phi) is 6.16. The SMILES string of the molecule is Cc1ccc(NC(=O)CNCCC(C)C)cc1Cl. The van der Waals surface area contributed by atoms with Gasteiger partial charge < -0.3 is 10.6 Å². The molecule has 18 heavy (non-hydrogen) atoms. The van der Waals surface area contributed by atoms with Crippen molar-refractivity contribution in [1.29, 1.82) is 0 Å². The molecule has 2 N–H and O–H groups in total. The molecule has 0 aliphatic heterocycles. The maximum atomic E-state index is 11.6. The third kappa shape index (κ3) is 5.52. The molecule has 0 fully saturated rings. The third-order valence-electron chi connectivity index (χ3n) is 2.64. The highest BCUT2D eigenvalue weighted by Gasteiger charge is 2.03. The molecule has 0 aliphatic rings. The van der Waals surface area contributed by atoms with E-state index in [0.29, 0.717) is 17.5 Å². The van der Waals surface area contributed by atoms with E-state index < -0.39 is 0 Å². The summed E-state index contributed by atoms with van der Waals surface area (Å²) in [4.78, 5) is 11.6. The first-order chi connectivity index (χ1) is 8.49. The Hall–Kier alpha value is -1.06. The molecule has 0 aromatic heterocycles. The van der Waals surface area contributed by atoms with E-state index in [1.54, 1.807) is 6.07 Å². The van der Waals surface area contributed by atoms with Crippen molar-refractivity contribution in [3.05, 3.63) is 28.8 Å². The van der Waals surface area contributed by atoms with Crippen LogP contribution in [0.4, 0.5) is 5.69 Å². The molecule has 1 aromatic rings. The smallest absolute Gasteiger partial charge is 0.238 e. The topological polar surface area (TPSA) is 41.1 Å². The van der Waals surface area contributed by atoms with E-state index in [-0.39, 0.29) is 5.91 Å². The van der Waals surface area contributed by atoms with Gasteiger partial charge in [0, 0.05) is 10.7 Å². The summed E-state index contributed by atoms with van der Waals surface area (Å²) < 4.78 is 0. The number of hydrogen-bond donors (Lipinski definition) is 2. The summed E-state index contributed by atoms with van der Waals surface area (Å²) in [6.07, 6.45) is 1.07. The number of anilines is 1. The first kappa shape index (κ1) is 15.0. The fraction of sp³-hybridized carbons (Fsp3) is 0.500. The van der Waals surface area contributed by atoms with Crippen molar-refractivity contribution in [1.82, 2.24) is 5.32 Å². The number of hydrogen-bond acceptors (Lipinski definition) is 2. The van der Waals surface area contributed by atoms with Crippen LogP contribution in [-0.4, -0.2) is 19.0 Å². The molecular weight excluding hydrogens is 248 g/mol. The highest BCUT2D eigenvalue weighted by atomic mass is 35.5. The van der Waals surface area contributed by atoms with Crippen LogP contribution in [0.5, 0.6) is 0 Å². The number of benzene rings is 1. The van der Waals surface area contributed by atoms with Gasteiger partial charge in [-0.15, -0.1) is 0 Å². The van der Waals surface area contributed by atoms with Crippen LogP contribution >= 0.6 is 11.6 Å². The zero-order chi connectivity index (χ0) is 13.5. The van der Waals surface area contributed by atoms with Gasteiger partial charge in [-0.3, -0.25) is 4.79 Å². The Morgan fingerprint density at radius 1 is 1.39 bits per heavy atom. The number of halogens is 1. The highest BCUT2D eigenvalue weighted by molar-refractivity contribution is 6.31. The van der Waals surface area contributed by atoms with Crippen LogP contribution in [0.25, 0.3) is 0 Å². The summed E-state index contributed by atoms with van der Waals surface area (Å²) >= 11 is 5.99. The minimum Gasteiger partial charge on any atom is -0.325 e. The number of amides is 1.